The quantitative estimate of drug-likeness (QED) is 0.879. The van der Waals surface area contributed by atoms with Gasteiger partial charge >= 0.3 is 0 Å². The van der Waals surface area contributed by atoms with Crippen molar-refractivity contribution in [3.8, 4) is 0 Å². The first-order chi connectivity index (χ1) is 7.79. The van der Waals surface area contributed by atoms with Crippen molar-refractivity contribution < 1.29 is 4.74 Å². The summed E-state index contributed by atoms with van der Waals surface area (Å²) >= 11 is 1.68. The Hall–Kier alpha value is -0.450. The molecule has 1 aliphatic carbocycles. The molecule has 1 aromatic rings. The number of hydrogen-bond donors (Lipinski definition) is 1. The van der Waals surface area contributed by atoms with Crippen LogP contribution < -0.4 is 5.73 Å². The number of nitrogens with zero attached hydrogens (tertiary/aromatic N) is 1. The lowest BCUT2D eigenvalue weighted by Crippen LogP contribution is -2.33. The molecule has 0 amide bonds. The first-order valence-corrected chi connectivity index (χ1v) is 6.90. The number of ether oxygens (including phenoxy) is 1. The number of thiazole rings is 1. The van der Waals surface area contributed by atoms with E-state index in [9.17, 15) is 0 Å². The molecule has 1 aromatic heterocycles. The van der Waals surface area contributed by atoms with Gasteiger partial charge in [0.15, 0.2) is 0 Å². The van der Waals surface area contributed by atoms with Crippen LogP contribution in [0, 0.1) is 12.8 Å². The van der Waals surface area contributed by atoms with Crippen LogP contribution >= 0.6 is 11.3 Å². The summed E-state index contributed by atoms with van der Waals surface area (Å²) in [7, 11) is 0. The van der Waals surface area contributed by atoms with E-state index < -0.39 is 0 Å². The van der Waals surface area contributed by atoms with Crippen LogP contribution in [0.3, 0.4) is 0 Å². The first-order valence-electron chi connectivity index (χ1n) is 6.02. The average Bonchev–Trinajstić information content (AvgIpc) is 2.73. The fourth-order valence-corrected chi connectivity index (χ4v) is 2.93. The summed E-state index contributed by atoms with van der Waals surface area (Å²) in [5.74, 6) is 0.550. The molecule has 2 rings (SSSR count). The highest BCUT2D eigenvalue weighted by Gasteiger charge is 2.24. The van der Waals surface area contributed by atoms with Gasteiger partial charge in [0, 0.05) is 5.38 Å². The minimum Gasteiger partial charge on any atom is -0.372 e. The molecule has 1 fully saturated rings. The Morgan fingerprint density at radius 1 is 1.50 bits per heavy atom. The van der Waals surface area contributed by atoms with Crippen LogP contribution in [0.2, 0.25) is 0 Å². The van der Waals surface area contributed by atoms with Gasteiger partial charge in [0.1, 0.15) is 0 Å². The Balaban J connectivity index is 1.84. The molecular formula is C12H20N2OS. The second-order valence-electron chi connectivity index (χ2n) is 4.49. The molecule has 0 spiro atoms. The Kier molecular flexibility index (Phi) is 4.32. The predicted octanol–water partition coefficient (Wildman–Crippen LogP) is 2.49. The van der Waals surface area contributed by atoms with Crippen LogP contribution in [0.25, 0.3) is 0 Å². The Bertz CT molecular complexity index is 327. The third-order valence-electron chi connectivity index (χ3n) is 3.25. The largest absolute Gasteiger partial charge is 0.372 e. The molecule has 2 N–H and O–H groups in total. The van der Waals surface area contributed by atoms with Crippen LogP contribution in [0.4, 0.5) is 0 Å². The van der Waals surface area contributed by atoms with Gasteiger partial charge in [-0.05, 0) is 32.2 Å². The van der Waals surface area contributed by atoms with E-state index in [1.54, 1.807) is 11.3 Å². The molecule has 1 aliphatic rings. The number of hydrogen-bond acceptors (Lipinski definition) is 4. The maximum Gasteiger partial charge on any atom is 0.0900 e. The lowest BCUT2D eigenvalue weighted by atomic mass is 9.86. The van der Waals surface area contributed by atoms with E-state index in [2.05, 4.69) is 10.4 Å². The van der Waals surface area contributed by atoms with E-state index in [4.69, 9.17) is 10.5 Å². The number of aromatic nitrogens is 1. The van der Waals surface area contributed by atoms with Crippen molar-refractivity contribution in [2.24, 2.45) is 11.7 Å². The summed E-state index contributed by atoms with van der Waals surface area (Å²) in [4.78, 5) is 4.41. The molecule has 16 heavy (non-hydrogen) atoms. The second-order valence-corrected chi connectivity index (χ2v) is 5.55. The maximum atomic E-state index is 5.95. The molecule has 0 aromatic carbocycles. The lowest BCUT2D eigenvalue weighted by Gasteiger charge is -2.30. The van der Waals surface area contributed by atoms with E-state index in [-0.39, 0.29) is 0 Å². The number of nitrogens with two attached hydrogens (primary N) is 1. The zero-order chi connectivity index (χ0) is 11.4. The molecule has 0 saturated heterocycles. The topological polar surface area (TPSA) is 48.1 Å². The third-order valence-corrected chi connectivity index (χ3v) is 4.08. The summed E-state index contributed by atoms with van der Waals surface area (Å²) in [5.41, 5.74) is 6.83. The second kappa shape index (κ2) is 5.75. The molecule has 0 radical (unpaired) electrons. The summed E-state index contributed by atoms with van der Waals surface area (Å²) in [5, 5.41) is 3.19. The first kappa shape index (κ1) is 12.0. The molecule has 2 atom stereocenters. The van der Waals surface area contributed by atoms with Crippen molar-refractivity contribution in [3.63, 3.8) is 0 Å². The van der Waals surface area contributed by atoms with Crippen molar-refractivity contribution in [1.82, 2.24) is 4.98 Å². The SMILES string of the molecule is Cc1nc(COC2CCCCC2CN)cs1. The van der Waals surface area contributed by atoms with Gasteiger partial charge in [-0.15, -0.1) is 11.3 Å². The lowest BCUT2D eigenvalue weighted by molar-refractivity contribution is -0.0194. The Morgan fingerprint density at radius 3 is 3.00 bits per heavy atom. The van der Waals surface area contributed by atoms with Gasteiger partial charge in [0.05, 0.1) is 23.4 Å². The van der Waals surface area contributed by atoms with E-state index in [0.29, 0.717) is 18.6 Å². The van der Waals surface area contributed by atoms with Crippen molar-refractivity contribution in [2.45, 2.75) is 45.3 Å². The van der Waals surface area contributed by atoms with E-state index in [1.807, 2.05) is 6.92 Å². The maximum absolute atomic E-state index is 5.95. The van der Waals surface area contributed by atoms with E-state index in [0.717, 1.165) is 23.7 Å². The average molecular weight is 240 g/mol. The van der Waals surface area contributed by atoms with Gasteiger partial charge in [-0.1, -0.05) is 12.8 Å². The molecule has 0 bridgehead atoms. The Labute approximate surface area is 101 Å². The van der Waals surface area contributed by atoms with Crippen molar-refractivity contribution >= 4 is 11.3 Å². The monoisotopic (exact) mass is 240 g/mol. The van der Waals surface area contributed by atoms with E-state index in [1.165, 1.54) is 19.3 Å². The van der Waals surface area contributed by atoms with Crippen LogP contribution in [-0.2, 0) is 11.3 Å². The van der Waals surface area contributed by atoms with Crippen molar-refractivity contribution in [2.75, 3.05) is 6.54 Å². The van der Waals surface area contributed by atoms with Crippen LogP contribution in [-0.4, -0.2) is 17.6 Å². The molecule has 90 valence electrons. The predicted molar refractivity (Wildman–Crippen MR) is 66.4 cm³/mol. The minimum atomic E-state index is 0.348. The Morgan fingerprint density at radius 2 is 2.31 bits per heavy atom. The fraction of sp³-hybridized carbons (Fsp3) is 0.750. The standard InChI is InChI=1S/C12H20N2OS/c1-9-14-11(8-16-9)7-15-12-5-3-2-4-10(12)6-13/h8,10,12H,2-7,13H2,1H3. The smallest absolute Gasteiger partial charge is 0.0900 e. The van der Waals surface area contributed by atoms with Gasteiger partial charge in [0.25, 0.3) is 0 Å². The molecule has 1 heterocycles. The van der Waals surface area contributed by atoms with Gasteiger partial charge in [0.2, 0.25) is 0 Å². The highest BCUT2D eigenvalue weighted by atomic mass is 32.1. The van der Waals surface area contributed by atoms with Gasteiger partial charge in [-0.2, -0.15) is 0 Å². The van der Waals surface area contributed by atoms with Gasteiger partial charge in [-0.3, -0.25) is 0 Å². The number of aryl methyl sites for hydroxylation is 1. The molecule has 2 unspecified atom stereocenters. The van der Waals surface area contributed by atoms with Crippen LogP contribution in [0.15, 0.2) is 5.38 Å². The summed E-state index contributed by atoms with van der Waals surface area (Å²) in [6.07, 6.45) is 5.30. The van der Waals surface area contributed by atoms with Gasteiger partial charge < -0.3 is 10.5 Å². The van der Waals surface area contributed by atoms with E-state index >= 15 is 0 Å². The van der Waals surface area contributed by atoms with Gasteiger partial charge in [-0.25, -0.2) is 4.98 Å². The van der Waals surface area contributed by atoms with Crippen molar-refractivity contribution in [1.29, 1.82) is 0 Å². The fourth-order valence-electron chi connectivity index (χ4n) is 2.33. The summed E-state index contributed by atoms with van der Waals surface area (Å²) in [6.45, 7) is 3.42. The number of rotatable bonds is 4. The highest BCUT2D eigenvalue weighted by molar-refractivity contribution is 7.09. The molecule has 4 heteroatoms. The molecule has 3 nitrogen and oxygen atoms in total. The normalized spacial score (nSPS) is 25.9. The summed E-state index contributed by atoms with van der Waals surface area (Å²) in [6, 6.07) is 0. The third kappa shape index (κ3) is 3.03. The zero-order valence-electron chi connectivity index (χ0n) is 9.82. The zero-order valence-corrected chi connectivity index (χ0v) is 10.6. The molecular weight excluding hydrogens is 220 g/mol. The minimum absolute atomic E-state index is 0.348. The molecule has 1 saturated carbocycles. The van der Waals surface area contributed by atoms with Crippen LogP contribution in [0.5, 0.6) is 0 Å². The highest BCUT2D eigenvalue weighted by Crippen LogP contribution is 2.26. The summed E-state index contributed by atoms with van der Waals surface area (Å²) < 4.78 is 5.95. The molecule has 0 aliphatic heterocycles. The van der Waals surface area contributed by atoms with Crippen molar-refractivity contribution in [3.05, 3.63) is 16.1 Å². The van der Waals surface area contributed by atoms with Crippen LogP contribution in [0.1, 0.15) is 36.4 Å².